The summed E-state index contributed by atoms with van der Waals surface area (Å²) in [6.07, 6.45) is 5.32. The first kappa shape index (κ1) is 14.2. The molecule has 104 valence electrons. The lowest BCUT2D eigenvalue weighted by atomic mass is 10.1. The second kappa shape index (κ2) is 6.80. The number of Topliss-reactive ketones (excluding diaryl/α,β-unsaturated/α-hetero) is 1. The number of nitrogens with zero attached hydrogens (tertiary/aromatic N) is 1. The number of rotatable bonds is 4. The molecule has 2 nitrogen and oxygen atoms in total. The van der Waals surface area contributed by atoms with Crippen LogP contribution in [0.15, 0.2) is 24.3 Å². The van der Waals surface area contributed by atoms with E-state index in [-0.39, 0.29) is 11.6 Å². The summed E-state index contributed by atoms with van der Waals surface area (Å²) in [4.78, 5) is 14.4. The summed E-state index contributed by atoms with van der Waals surface area (Å²) < 4.78 is 12.8. The molecular formula is C16H22FNO. The van der Waals surface area contributed by atoms with Gasteiger partial charge in [-0.2, -0.15) is 0 Å². The number of hydrogen-bond donors (Lipinski definition) is 0. The van der Waals surface area contributed by atoms with Crippen LogP contribution in [0.5, 0.6) is 0 Å². The van der Waals surface area contributed by atoms with Gasteiger partial charge in [-0.1, -0.05) is 25.0 Å². The normalized spacial score (nSPS) is 21.1. The minimum atomic E-state index is -0.252. The van der Waals surface area contributed by atoms with Gasteiger partial charge < -0.3 is 0 Å². The molecule has 0 aliphatic carbocycles. The van der Waals surface area contributed by atoms with Gasteiger partial charge in [0, 0.05) is 12.5 Å². The highest BCUT2D eigenvalue weighted by Gasteiger charge is 2.19. The van der Waals surface area contributed by atoms with E-state index in [4.69, 9.17) is 0 Å². The van der Waals surface area contributed by atoms with Gasteiger partial charge in [0.25, 0.3) is 0 Å². The largest absolute Gasteiger partial charge is 0.298 e. The fourth-order valence-corrected chi connectivity index (χ4v) is 2.68. The summed E-state index contributed by atoms with van der Waals surface area (Å²) in [5.41, 5.74) is 0.897. The second-order valence-corrected chi connectivity index (χ2v) is 5.51. The van der Waals surface area contributed by atoms with Gasteiger partial charge in [0.15, 0.2) is 5.78 Å². The van der Waals surface area contributed by atoms with E-state index in [2.05, 4.69) is 11.8 Å². The van der Waals surface area contributed by atoms with Gasteiger partial charge in [0.1, 0.15) is 5.82 Å². The van der Waals surface area contributed by atoms with E-state index in [1.165, 1.54) is 37.8 Å². The molecule has 0 bridgehead atoms. The van der Waals surface area contributed by atoms with E-state index < -0.39 is 0 Å². The van der Waals surface area contributed by atoms with Crippen LogP contribution < -0.4 is 0 Å². The van der Waals surface area contributed by atoms with E-state index in [0.717, 1.165) is 12.1 Å². The third-order valence-electron chi connectivity index (χ3n) is 3.88. The molecule has 1 aromatic rings. The summed E-state index contributed by atoms with van der Waals surface area (Å²) in [7, 11) is 0. The molecule has 2 rings (SSSR count). The molecule has 1 aliphatic heterocycles. The molecule has 1 heterocycles. The molecule has 1 aliphatic rings. The Kier molecular flexibility index (Phi) is 5.08. The van der Waals surface area contributed by atoms with E-state index in [1.807, 2.05) is 0 Å². The maximum Gasteiger partial charge on any atom is 0.151 e. The predicted octanol–water partition coefficient (Wildman–Crippen LogP) is 3.20. The molecule has 1 unspecified atom stereocenters. The molecule has 1 atom stereocenters. The third kappa shape index (κ3) is 4.43. The van der Waals surface area contributed by atoms with Gasteiger partial charge in [0.05, 0.1) is 6.54 Å². The van der Waals surface area contributed by atoms with Crippen molar-refractivity contribution in [1.29, 1.82) is 0 Å². The number of carbonyl (C=O) groups is 1. The molecule has 1 saturated heterocycles. The van der Waals surface area contributed by atoms with Gasteiger partial charge in [-0.25, -0.2) is 4.39 Å². The zero-order valence-corrected chi connectivity index (χ0v) is 11.6. The smallest absolute Gasteiger partial charge is 0.151 e. The van der Waals surface area contributed by atoms with Crippen LogP contribution in [0.2, 0.25) is 0 Å². The topological polar surface area (TPSA) is 20.3 Å². The summed E-state index contributed by atoms with van der Waals surface area (Å²) in [5, 5.41) is 0. The first-order valence-corrected chi connectivity index (χ1v) is 7.15. The lowest BCUT2D eigenvalue weighted by Gasteiger charge is -2.26. The minimum absolute atomic E-state index is 0.223. The molecule has 0 N–H and O–H groups in total. The summed E-state index contributed by atoms with van der Waals surface area (Å²) >= 11 is 0. The molecule has 3 heteroatoms. The Morgan fingerprint density at radius 2 is 2.00 bits per heavy atom. The van der Waals surface area contributed by atoms with Gasteiger partial charge in [0.2, 0.25) is 0 Å². The van der Waals surface area contributed by atoms with E-state index in [9.17, 15) is 9.18 Å². The number of ketones is 1. The van der Waals surface area contributed by atoms with E-state index >= 15 is 0 Å². The zero-order valence-electron chi connectivity index (χ0n) is 11.6. The standard InChI is InChI=1S/C16H22FNO/c1-13-5-3-2-4-10-18(13)12-16(19)11-14-6-8-15(17)9-7-14/h6-9,13H,2-5,10-12H2,1H3. The fourth-order valence-electron chi connectivity index (χ4n) is 2.68. The number of hydrogen-bond acceptors (Lipinski definition) is 2. The van der Waals surface area contributed by atoms with Crippen molar-refractivity contribution in [2.75, 3.05) is 13.1 Å². The van der Waals surface area contributed by atoms with Crippen molar-refractivity contribution in [1.82, 2.24) is 4.90 Å². The van der Waals surface area contributed by atoms with Crippen LogP contribution in [-0.4, -0.2) is 29.8 Å². The number of likely N-dealkylation sites (tertiary alicyclic amines) is 1. The Morgan fingerprint density at radius 3 is 2.74 bits per heavy atom. The van der Waals surface area contributed by atoms with Crippen LogP contribution in [0.1, 0.15) is 38.2 Å². The van der Waals surface area contributed by atoms with Gasteiger partial charge in [-0.3, -0.25) is 9.69 Å². The van der Waals surface area contributed by atoms with Crippen molar-refractivity contribution in [3.05, 3.63) is 35.6 Å². The Labute approximate surface area is 114 Å². The molecule has 0 spiro atoms. The quantitative estimate of drug-likeness (QED) is 0.831. The van der Waals surface area contributed by atoms with Gasteiger partial charge in [-0.05, 0) is 44.0 Å². The van der Waals surface area contributed by atoms with Gasteiger partial charge >= 0.3 is 0 Å². The average molecular weight is 263 g/mol. The second-order valence-electron chi connectivity index (χ2n) is 5.51. The maximum absolute atomic E-state index is 12.8. The van der Waals surface area contributed by atoms with Crippen LogP contribution in [0.25, 0.3) is 0 Å². The van der Waals surface area contributed by atoms with Crippen molar-refractivity contribution in [2.24, 2.45) is 0 Å². The van der Waals surface area contributed by atoms with Crippen molar-refractivity contribution in [2.45, 2.75) is 45.1 Å². The maximum atomic E-state index is 12.8. The first-order chi connectivity index (χ1) is 9.15. The zero-order chi connectivity index (χ0) is 13.7. The lowest BCUT2D eigenvalue weighted by Crippen LogP contribution is -2.37. The van der Waals surface area contributed by atoms with Gasteiger partial charge in [-0.15, -0.1) is 0 Å². The van der Waals surface area contributed by atoms with Crippen LogP contribution in [0, 0.1) is 5.82 Å². The van der Waals surface area contributed by atoms with Crippen LogP contribution in [-0.2, 0) is 11.2 Å². The molecule has 19 heavy (non-hydrogen) atoms. The molecule has 0 saturated carbocycles. The molecule has 1 fully saturated rings. The number of benzene rings is 1. The highest BCUT2D eigenvalue weighted by Crippen LogP contribution is 2.16. The highest BCUT2D eigenvalue weighted by molar-refractivity contribution is 5.82. The SMILES string of the molecule is CC1CCCCCN1CC(=O)Cc1ccc(F)cc1. The Morgan fingerprint density at radius 1 is 1.26 bits per heavy atom. The Bertz CT molecular complexity index is 415. The molecule has 0 aromatic heterocycles. The monoisotopic (exact) mass is 263 g/mol. The molecule has 0 amide bonds. The first-order valence-electron chi connectivity index (χ1n) is 7.15. The van der Waals surface area contributed by atoms with Crippen LogP contribution >= 0.6 is 0 Å². The van der Waals surface area contributed by atoms with E-state index in [0.29, 0.717) is 19.0 Å². The van der Waals surface area contributed by atoms with Crippen LogP contribution in [0.3, 0.4) is 0 Å². The fraction of sp³-hybridized carbons (Fsp3) is 0.562. The minimum Gasteiger partial charge on any atom is -0.298 e. The highest BCUT2D eigenvalue weighted by atomic mass is 19.1. The van der Waals surface area contributed by atoms with Crippen molar-refractivity contribution >= 4 is 5.78 Å². The summed E-state index contributed by atoms with van der Waals surface area (Å²) in [5.74, 6) is -0.0299. The average Bonchev–Trinajstić information content (AvgIpc) is 2.58. The van der Waals surface area contributed by atoms with E-state index in [1.54, 1.807) is 12.1 Å². The molecular weight excluding hydrogens is 241 g/mol. The number of carbonyl (C=O) groups excluding carboxylic acids is 1. The Hall–Kier alpha value is -1.22. The third-order valence-corrected chi connectivity index (χ3v) is 3.88. The lowest BCUT2D eigenvalue weighted by molar-refractivity contribution is -0.120. The van der Waals surface area contributed by atoms with Crippen LogP contribution in [0.4, 0.5) is 4.39 Å². The molecule has 0 radical (unpaired) electrons. The summed E-state index contributed by atoms with van der Waals surface area (Å²) in [6.45, 7) is 3.76. The molecule has 1 aromatic carbocycles. The Balaban J connectivity index is 1.87. The van der Waals surface area contributed by atoms with Crippen molar-refractivity contribution in [3.8, 4) is 0 Å². The van der Waals surface area contributed by atoms with Crippen molar-refractivity contribution in [3.63, 3.8) is 0 Å². The number of halogens is 1. The summed E-state index contributed by atoms with van der Waals surface area (Å²) in [6, 6.07) is 6.71. The van der Waals surface area contributed by atoms with Crippen molar-refractivity contribution < 1.29 is 9.18 Å². The predicted molar refractivity (Wildman–Crippen MR) is 74.6 cm³/mol.